The molecule has 0 rings (SSSR count). The van der Waals surface area contributed by atoms with Gasteiger partial charge in [0.1, 0.15) is 0 Å². The van der Waals surface area contributed by atoms with Crippen LogP contribution >= 0.6 is 11.8 Å². The number of nitrogens with zero attached hydrogens (tertiary/aromatic N) is 2. The molecular weight excluding hydrogens is 269 g/mol. The molecule has 0 radical (unpaired) electrons. The monoisotopic (exact) mass is 282 g/mol. The molecule has 10 heteroatoms. The van der Waals surface area contributed by atoms with Crippen molar-refractivity contribution in [2.24, 2.45) is 4.99 Å². The van der Waals surface area contributed by atoms with Gasteiger partial charge in [0.2, 0.25) is 0 Å². The first-order valence-electron chi connectivity index (χ1n) is 3.69. The van der Waals surface area contributed by atoms with Crippen molar-refractivity contribution < 1.29 is 26.1 Å². The zero-order chi connectivity index (χ0) is 13.6. The van der Waals surface area contributed by atoms with Gasteiger partial charge in [0.15, 0.2) is 5.17 Å². The van der Waals surface area contributed by atoms with Crippen LogP contribution in [0.1, 0.15) is 0 Å². The van der Waals surface area contributed by atoms with Gasteiger partial charge < -0.3 is 4.90 Å². The van der Waals surface area contributed by atoms with E-state index in [1.807, 2.05) is 25.3 Å². The van der Waals surface area contributed by atoms with Crippen molar-refractivity contribution in [2.75, 3.05) is 27.4 Å². The van der Waals surface area contributed by atoms with Gasteiger partial charge in [-0.2, -0.15) is 21.6 Å². The lowest BCUT2D eigenvalue weighted by Gasteiger charge is -2.10. The van der Waals surface area contributed by atoms with Gasteiger partial charge in [0.25, 0.3) is 0 Å². The first kappa shape index (κ1) is 17.9. The van der Waals surface area contributed by atoms with E-state index in [0.717, 1.165) is 5.17 Å². The van der Waals surface area contributed by atoms with Gasteiger partial charge in [-0.05, 0) is 6.26 Å². The predicted molar refractivity (Wildman–Crippen MR) is 58.2 cm³/mol. The summed E-state index contributed by atoms with van der Waals surface area (Å²) >= 11 is 1.65. The van der Waals surface area contributed by atoms with Gasteiger partial charge in [-0.1, -0.05) is 11.8 Å². The zero-order valence-corrected chi connectivity index (χ0v) is 10.7. The van der Waals surface area contributed by atoms with E-state index in [-0.39, 0.29) is 0 Å². The largest absolute Gasteiger partial charge is 0.522 e. The van der Waals surface area contributed by atoms with E-state index in [4.69, 9.17) is 13.0 Å². The van der Waals surface area contributed by atoms with Crippen molar-refractivity contribution in [3.63, 3.8) is 0 Å². The zero-order valence-electron chi connectivity index (χ0n) is 9.11. The molecule has 0 aliphatic rings. The number of halogens is 3. The summed E-state index contributed by atoms with van der Waals surface area (Å²) in [4.78, 5) is 6.00. The normalized spacial score (nSPS) is 12.9. The lowest BCUT2D eigenvalue weighted by atomic mass is 10.9. The fourth-order valence-corrected chi connectivity index (χ4v) is 1.02. The van der Waals surface area contributed by atoms with E-state index < -0.39 is 15.6 Å². The molecule has 0 aromatic carbocycles. The van der Waals surface area contributed by atoms with Crippen LogP contribution in [-0.2, 0) is 10.1 Å². The van der Waals surface area contributed by atoms with Gasteiger partial charge in [0, 0.05) is 21.1 Å². The molecule has 0 unspecified atom stereocenters. The molecule has 98 valence electrons. The lowest BCUT2D eigenvalue weighted by Crippen LogP contribution is -2.21. The van der Waals surface area contributed by atoms with E-state index in [1.54, 1.807) is 18.8 Å². The van der Waals surface area contributed by atoms with Crippen molar-refractivity contribution in [1.82, 2.24) is 4.90 Å². The number of alkyl halides is 3. The highest BCUT2D eigenvalue weighted by Crippen LogP contribution is 2.20. The van der Waals surface area contributed by atoms with Gasteiger partial charge in [-0.3, -0.25) is 9.55 Å². The molecule has 0 spiro atoms. The minimum atomic E-state index is -5.84. The molecule has 0 saturated heterocycles. The van der Waals surface area contributed by atoms with Crippen LogP contribution in [0.4, 0.5) is 13.2 Å². The third kappa shape index (κ3) is 7.77. The van der Waals surface area contributed by atoms with Crippen molar-refractivity contribution in [3.8, 4) is 0 Å². The summed E-state index contributed by atoms with van der Waals surface area (Å²) in [5.41, 5.74) is -5.53. The van der Waals surface area contributed by atoms with Crippen molar-refractivity contribution in [1.29, 1.82) is 0 Å². The molecule has 0 fully saturated rings. The quantitative estimate of drug-likeness (QED) is 0.314. The molecule has 5 nitrogen and oxygen atoms in total. The van der Waals surface area contributed by atoms with Crippen molar-refractivity contribution in [2.45, 2.75) is 5.51 Å². The SMILES string of the molecule is C/N=C(\SC)N(C)C.O=S(=O)(O)C(F)(F)F. The van der Waals surface area contributed by atoms with Crippen LogP contribution in [0, 0.1) is 0 Å². The van der Waals surface area contributed by atoms with Crippen LogP contribution in [0.25, 0.3) is 0 Å². The third-order valence-electron chi connectivity index (χ3n) is 1.05. The van der Waals surface area contributed by atoms with E-state index in [0.29, 0.717) is 0 Å². The predicted octanol–water partition coefficient (Wildman–Crippen LogP) is 1.29. The number of hydrogen-bond acceptors (Lipinski definition) is 4. The minimum absolute atomic E-state index is 1.06. The molecule has 0 heterocycles. The van der Waals surface area contributed by atoms with Crippen molar-refractivity contribution in [3.05, 3.63) is 0 Å². The summed E-state index contributed by atoms with van der Waals surface area (Å²) in [6.07, 6.45) is 2.02. The second-order valence-electron chi connectivity index (χ2n) is 2.53. The van der Waals surface area contributed by atoms with Gasteiger partial charge in [-0.25, -0.2) is 0 Å². The second kappa shape index (κ2) is 6.97. The Labute approximate surface area is 96.5 Å². The third-order valence-corrected chi connectivity index (χ3v) is 2.55. The van der Waals surface area contributed by atoms with Crippen molar-refractivity contribution >= 4 is 27.0 Å². The maximum Gasteiger partial charge on any atom is 0.522 e. The molecule has 1 N–H and O–H groups in total. The van der Waals surface area contributed by atoms with Crippen LogP contribution in [-0.4, -0.2) is 55.9 Å². The van der Waals surface area contributed by atoms with Crippen LogP contribution in [0.3, 0.4) is 0 Å². The molecule has 0 aromatic rings. The average Bonchev–Trinajstić information content (AvgIpc) is 2.02. The molecule has 16 heavy (non-hydrogen) atoms. The summed E-state index contributed by atoms with van der Waals surface area (Å²) < 4.78 is 57.5. The maximum atomic E-state index is 10.7. The first-order chi connectivity index (χ1) is 6.97. The molecular formula is C6H13F3N2O3S2. The van der Waals surface area contributed by atoms with Crippen LogP contribution in [0.2, 0.25) is 0 Å². The topological polar surface area (TPSA) is 70.0 Å². The summed E-state index contributed by atoms with van der Waals surface area (Å²) in [6.45, 7) is 0. The molecule has 0 atom stereocenters. The highest BCUT2D eigenvalue weighted by Gasteiger charge is 2.44. The highest BCUT2D eigenvalue weighted by molar-refractivity contribution is 8.13. The minimum Gasteiger partial charge on any atom is -0.358 e. The Hall–Kier alpha value is -0.480. The number of amidine groups is 1. The number of hydrogen-bond donors (Lipinski definition) is 1. The smallest absolute Gasteiger partial charge is 0.358 e. The lowest BCUT2D eigenvalue weighted by molar-refractivity contribution is -0.0510. The van der Waals surface area contributed by atoms with E-state index in [1.165, 1.54) is 0 Å². The Morgan fingerprint density at radius 3 is 1.69 bits per heavy atom. The van der Waals surface area contributed by atoms with Crippen LogP contribution in [0.15, 0.2) is 4.99 Å². The van der Waals surface area contributed by atoms with Crippen LogP contribution in [0.5, 0.6) is 0 Å². The summed E-state index contributed by atoms with van der Waals surface area (Å²) in [5.74, 6) is 0. The Bertz CT molecular complexity index is 324. The highest BCUT2D eigenvalue weighted by atomic mass is 32.2. The fourth-order valence-electron chi connectivity index (χ4n) is 0.474. The Kier molecular flexibility index (Phi) is 7.79. The first-order valence-corrected chi connectivity index (χ1v) is 6.35. The number of rotatable bonds is 0. The van der Waals surface area contributed by atoms with Gasteiger partial charge >= 0.3 is 15.6 Å². The maximum absolute atomic E-state index is 10.7. The molecule has 0 aliphatic carbocycles. The van der Waals surface area contributed by atoms with E-state index >= 15 is 0 Å². The number of thioether (sulfide) groups is 1. The Morgan fingerprint density at radius 1 is 1.38 bits per heavy atom. The molecule has 0 aromatic heterocycles. The van der Waals surface area contributed by atoms with Gasteiger partial charge in [-0.15, -0.1) is 0 Å². The fraction of sp³-hybridized carbons (Fsp3) is 0.833. The van der Waals surface area contributed by atoms with Gasteiger partial charge in [0.05, 0.1) is 0 Å². The molecule has 0 saturated carbocycles. The Balaban J connectivity index is 0. The summed E-state index contributed by atoms with van der Waals surface area (Å²) in [6, 6.07) is 0. The van der Waals surface area contributed by atoms with E-state index in [9.17, 15) is 13.2 Å². The molecule has 0 aliphatic heterocycles. The Morgan fingerprint density at radius 2 is 1.69 bits per heavy atom. The molecule has 0 amide bonds. The van der Waals surface area contributed by atoms with Crippen LogP contribution < -0.4 is 0 Å². The van der Waals surface area contributed by atoms with E-state index in [2.05, 4.69) is 4.99 Å². The molecule has 0 bridgehead atoms. The standard InChI is InChI=1S/C5H12N2S.CHF3O3S/c1-6-5(8-4)7(2)3;2-1(3,4)8(5,6)7/h1-4H3;(H,5,6,7)/b6-5-;. The number of aliphatic imine (C=N–C) groups is 1. The summed E-state index contributed by atoms with van der Waals surface area (Å²) in [5, 5.41) is 1.06. The summed E-state index contributed by atoms with van der Waals surface area (Å²) in [7, 11) is -0.0729. The second-order valence-corrected chi connectivity index (χ2v) is 4.71. The average molecular weight is 282 g/mol.